The van der Waals surface area contributed by atoms with E-state index in [4.69, 9.17) is 17.2 Å². The van der Waals surface area contributed by atoms with Crippen molar-refractivity contribution in [2.45, 2.75) is 56.3 Å². The SMILES string of the molecule is CSCCC(NC(=O)C(N)CCCN=C(N)N)C(=O)NC(Cc1c[nH]c2ccccc12)C(=O)NC(Cc1cnc[nH]1)C(=O)O. The van der Waals surface area contributed by atoms with Crippen LogP contribution >= 0.6 is 11.8 Å². The number of imidazole rings is 1. The molecule has 3 aromatic rings. The number of aliphatic imine (C=N–C) groups is 1. The van der Waals surface area contributed by atoms with Gasteiger partial charge in [-0.3, -0.25) is 19.4 Å². The number of thioether (sulfide) groups is 1. The Bertz CT molecular complexity index is 1420. The van der Waals surface area contributed by atoms with Crippen molar-refractivity contribution in [2.75, 3.05) is 18.6 Å². The van der Waals surface area contributed by atoms with Gasteiger partial charge in [-0.25, -0.2) is 9.78 Å². The van der Waals surface area contributed by atoms with Gasteiger partial charge in [-0.1, -0.05) is 18.2 Å². The van der Waals surface area contributed by atoms with E-state index in [0.29, 0.717) is 24.4 Å². The number of aliphatic carboxylic acids is 1. The van der Waals surface area contributed by atoms with Crippen LogP contribution in [0, 0.1) is 0 Å². The summed E-state index contributed by atoms with van der Waals surface area (Å²) in [5.74, 6) is -2.58. The molecule has 0 aliphatic carbocycles. The van der Waals surface area contributed by atoms with Crippen LogP contribution in [0.4, 0.5) is 0 Å². The van der Waals surface area contributed by atoms with E-state index in [1.165, 1.54) is 24.3 Å². The van der Waals surface area contributed by atoms with Crippen molar-refractivity contribution in [3.63, 3.8) is 0 Å². The van der Waals surface area contributed by atoms with E-state index in [0.717, 1.165) is 16.5 Å². The summed E-state index contributed by atoms with van der Waals surface area (Å²) in [4.78, 5) is 65.8. The molecule has 0 spiro atoms. The standard InChI is InChI=1S/C28H40N10O5S/c1-44-10-8-21(36-24(39)19(29)6-4-9-33-28(30)31)25(40)37-22(11-16-13-34-20-7-3-2-5-18(16)20)26(41)38-23(27(42)43)12-17-14-32-15-35-17/h2-3,5,7,13-15,19,21-23,34H,4,6,8-12,29H2,1H3,(H,32,35)(H,36,39)(H,37,40)(H,38,41)(H,42,43)(H4,30,31,33). The van der Waals surface area contributed by atoms with Crippen LogP contribution in [0.15, 0.2) is 48.0 Å². The highest BCUT2D eigenvalue weighted by atomic mass is 32.2. The number of hydrogen-bond donors (Lipinski definition) is 9. The summed E-state index contributed by atoms with van der Waals surface area (Å²) in [6.07, 6.45) is 7.54. The largest absolute Gasteiger partial charge is 0.480 e. The van der Waals surface area contributed by atoms with E-state index >= 15 is 0 Å². The average Bonchev–Trinajstić information content (AvgIpc) is 3.66. The molecule has 44 heavy (non-hydrogen) atoms. The molecule has 3 amide bonds. The van der Waals surface area contributed by atoms with Crippen molar-refractivity contribution < 1.29 is 24.3 Å². The number of guanidine groups is 1. The van der Waals surface area contributed by atoms with Crippen molar-refractivity contribution in [3.05, 3.63) is 54.2 Å². The molecular formula is C28H40N10O5S. The number of aromatic amines is 2. The number of nitrogens with one attached hydrogen (secondary N) is 5. The molecule has 4 atom stereocenters. The van der Waals surface area contributed by atoms with Crippen LogP contribution in [0.3, 0.4) is 0 Å². The Morgan fingerprint density at radius 3 is 2.36 bits per heavy atom. The number of carbonyl (C=O) groups is 4. The minimum atomic E-state index is -1.28. The number of fused-ring (bicyclic) bond motifs is 1. The van der Waals surface area contributed by atoms with Gasteiger partial charge >= 0.3 is 5.97 Å². The van der Waals surface area contributed by atoms with Gasteiger partial charge in [-0.05, 0) is 42.9 Å². The summed E-state index contributed by atoms with van der Waals surface area (Å²) < 4.78 is 0. The lowest BCUT2D eigenvalue weighted by Crippen LogP contribution is -2.58. The third-order valence-corrected chi connectivity index (χ3v) is 7.52. The van der Waals surface area contributed by atoms with Gasteiger partial charge in [-0.15, -0.1) is 0 Å². The van der Waals surface area contributed by atoms with E-state index in [2.05, 4.69) is 35.9 Å². The number of rotatable bonds is 18. The first-order valence-corrected chi connectivity index (χ1v) is 15.4. The molecule has 0 bridgehead atoms. The Kier molecular flexibility index (Phi) is 13.0. The molecule has 2 aromatic heterocycles. The Labute approximate surface area is 258 Å². The van der Waals surface area contributed by atoms with Crippen LogP contribution < -0.4 is 33.2 Å². The molecule has 15 nitrogen and oxygen atoms in total. The summed E-state index contributed by atoms with van der Waals surface area (Å²) in [5.41, 5.74) is 18.8. The fourth-order valence-corrected chi connectivity index (χ4v) is 5.00. The molecule has 16 heteroatoms. The smallest absolute Gasteiger partial charge is 0.326 e. The highest BCUT2D eigenvalue weighted by Crippen LogP contribution is 2.19. The van der Waals surface area contributed by atoms with Crippen molar-refractivity contribution in [1.29, 1.82) is 0 Å². The molecule has 0 radical (unpaired) electrons. The maximum atomic E-state index is 13.6. The van der Waals surface area contributed by atoms with Gasteiger partial charge in [0.05, 0.1) is 12.4 Å². The fraction of sp³-hybridized carbons (Fsp3) is 0.429. The van der Waals surface area contributed by atoms with Gasteiger partial charge in [0, 0.05) is 48.4 Å². The molecule has 2 heterocycles. The van der Waals surface area contributed by atoms with Gasteiger partial charge in [-0.2, -0.15) is 11.8 Å². The van der Waals surface area contributed by atoms with Crippen LogP contribution in [0.2, 0.25) is 0 Å². The summed E-state index contributed by atoms with van der Waals surface area (Å²) in [6.45, 7) is 0.308. The van der Waals surface area contributed by atoms with Crippen molar-refractivity contribution >= 4 is 52.3 Å². The Morgan fingerprint density at radius 1 is 0.977 bits per heavy atom. The number of aromatic nitrogens is 3. The number of amides is 3. The zero-order chi connectivity index (χ0) is 32.1. The highest BCUT2D eigenvalue weighted by Gasteiger charge is 2.31. The normalized spacial score (nSPS) is 13.8. The minimum absolute atomic E-state index is 0.0394. The van der Waals surface area contributed by atoms with Gasteiger partial charge < -0.3 is 48.2 Å². The Balaban J connectivity index is 1.78. The average molecular weight is 629 g/mol. The number of hydrogen-bond acceptors (Lipinski definition) is 8. The van der Waals surface area contributed by atoms with Crippen LogP contribution in [0.25, 0.3) is 10.9 Å². The molecule has 4 unspecified atom stereocenters. The molecule has 238 valence electrons. The fourth-order valence-electron chi connectivity index (χ4n) is 4.52. The molecule has 12 N–H and O–H groups in total. The van der Waals surface area contributed by atoms with Crippen molar-refractivity contribution in [2.24, 2.45) is 22.2 Å². The number of nitrogens with two attached hydrogens (primary N) is 3. The third-order valence-electron chi connectivity index (χ3n) is 6.87. The zero-order valence-electron chi connectivity index (χ0n) is 24.4. The lowest BCUT2D eigenvalue weighted by Gasteiger charge is -2.25. The molecule has 0 aliphatic heterocycles. The molecule has 0 saturated heterocycles. The predicted molar refractivity (Wildman–Crippen MR) is 169 cm³/mol. The highest BCUT2D eigenvalue weighted by molar-refractivity contribution is 7.98. The molecule has 0 saturated carbocycles. The second-order valence-electron chi connectivity index (χ2n) is 10.2. The predicted octanol–water partition coefficient (Wildman–Crippen LogP) is -0.651. The number of carbonyl (C=O) groups excluding carboxylic acids is 3. The summed E-state index contributed by atoms with van der Waals surface area (Å²) in [7, 11) is 0. The monoisotopic (exact) mass is 628 g/mol. The van der Waals surface area contributed by atoms with Gasteiger partial charge in [0.2, 0.25) is 17.7 Å². The molecule has 0 aliphatic rings. The number of carboxylic acids is 1. The lowest BCUT2D eigenvalue weighted by atomic mass is 10.0. The number of para-hydroxylation sites is 1. The number of nitrogens with zero attached hydrogens (tertiary/aromatic N) is 2. The molecular weight excluding hydrogens is 588 g/mol. The second-order valence-corrected chi connectivity index (χ2v) is 11.2. The van der Waals surface area contributed by atoms with E-state index in [1.807, 2.05) is 30.5 Å². The summed E-state index contributed by atoms with van der Waals surface area (Å²) in [5, 5.41) is 18.7. The van der Waals surface area contributed by atoms with Crippen molar-refractivity contribution in [3.8, 4) is 0 Å². The number of benzene rings is 1. The van der Waals surface area contributed by atoms with Crippen LogP contribution in [0.1, 0.15) is 30.5 Å². The first kappa shape index (κ1) is 33.9. The molecule has 1 aromatic carbocycles. The summed E-state index contributed by atoms with van der Waals surface area (Å²) >= 11 is 1.49. The summed E-state index contributed by atoms with van der Waals surface area (Å²) in [6, 6.07) is 3.15. The van der Waals surface area contributed by atoms with E-state index in [-0.39, 0.29) is 31.6 Å². The Morgan fingerprint density at radius 2 is 1.68 bits per heavy atom. The quantitative estimate of drug-likeness (QED) is 0.0488. The Hall–Kier alpha value is -4.57. The van der Waals surface area contributed by atoms with Crippen LogP contribution in [-0.4, -0.2) is 92.4 Å². The first-order chi connectivity index (χ1) is 21.1. The topological polar surface area (TPSA) is 259 Å². The van der Waals surface area contributed by atoms with Gasteiger partial charge in [0.15, 0.2) is 5.96 Å². The van der Waals surface area contributed by atoms with E-state index < -0.39 is 47.9 Å². The number of H-pyrrole nitrogens is 2. The molecule has 3 rings (SSSR count). The zero-order valence-corrected chi connectivity index (χ0v) is 25.2. The van der Waals surface area contributed by atoms with E-state index in [1.54, 1.807) is 6.20 Å². The first-order valence-electron chi connectivity index (χ1n) is 14.0. The maximum Gasteiger partial charge on any atom is 0.326 e. The third kappa shape index (κ3) is 10.3. The van der Waals surface area contributed by atoms with Gasteiger partial charge in [0.1, 0.15) is 18.1 Å². The van der Waals surface area contributed by atoms with Crippen LogP contribution in [-0.2, 0) is 32.0 Å². The molecule has 0 fully saturated rings. The van der Waals surface area contributed by atoms with Crippen molar-refractivity contribution in [1.82, 2.24) is 30.9 Å². The second kappa shape index (κ2) is 16.9. The minimum Gasteiger partial charge on any atom is -0.480 e. The lowest BCUT2D eigenvalue weighted by molar-refractivity contribution is -0.142. The number of carboxylic acid groups (broad SMARTS) is 1. The van der Waals surface area contributed by atoms with Crippen LogP contribution in [0.5, 0.6) is 0 Å². The maximum absolute atomic E-state index is 13.6. The van der Waals surface area contributed by atoms with Gasteiger partial charge in [0.25, 0.3) is 0 Å². The van der Waals surface area contributed by atoms with E-state index in [9.17, 15) is 24.3 Å².